The molecule has 0 spiro atoms. The SMILES string of the molecule is Cc1ccc(-c2ccnc(-c3ccc(C)cc3)n2)cc1. The highest BCUT2D eigenvalue weighted by molar-refractivity contribution is 5.63. The van der Waals surface area contributed by atoms with E-state index in [1.807, 2.05) is 12.3 Å². The van der Waals surface area contributed by atoms with E-state index in [0.29, 0.717) is 0 Å². The molecule has 1 aromatic heterocycles. The molecule has 0 saturated carbocycles. The first kappa shape index (κ1) is 12.5. The summed E-state index contributed by atoms with van der Waals surface area (Å²) in [5, 5.41) is 0. The molecule has 20 heavy (non-hydrogen) atoms. The predicted molar refractivity (Wildman–Crippen MR) is 82.4 cm³/mol. The van der Waals surface area contributed by atoms with E-state index in [4.69, 9.17) is 0 Å². The van der Waals surface area contributed by atoms with Crippen molar-refractivity contribution in [1.29, 1.82) is 0 Å². The second-order valence-corrected chi connectivity index (χ2v) is 5.00. The maximum absolute atomic E-state index is 4.66. The molecule has 3 aromatic rings. The number of benzene rings is 2. The minimum atomic E-state index is 0.767. The molecule has 2 heteroatoms. The quantitative estimate of drug-likeness (QED) is 0.681. The molecule has 1 heterocycles. The minimum absolute atomic E-state index is 0.767. The van der Waals surface area contributed by atoms with Crippen LogP contribution in [0.25, 0.3) is 22.6 Å². The summed E-state index contributed by atoms with van der Waals surface area (Å²) in [6.07, 6.45) is 1.82. The fraction of sp³-hybridized carbons (Fsp3) is 0.111. The Morgan fingerprint density at radius 1 is 0.650 bits per heavy atom. The smallest absolute Gasteiger partial charge is 0.159 e. The summed E-state index contributed by atoms with van der Waals surface area (Å²) < 4.78 is 0. The minimum Gasteiger partial charge on any atom is -0.237 e. The third-order valence-corrected chi connectivity index (χ3v) is 3.31. The number of aryl methyl sites for hydroxylation is 2. The Morgan fingerprint density at radius 3 is 1.80 bits per heavy atom. The van der Waals surface area contributed by atoms with Gasteiger partial charge in [-0.3, -0.25) is 0 Å². The van der Waals surface area contributed by atoms with E-state index in [0.717, 1.165) is 22.6 Å². The molecule has 0 N–H and O–H groups in total. The van der Waals surface area contributed by atoms with E-state index < -0.39 is 0 Å². The fourth-order valence-corrected chi connectivity index (χ4v) is 2.09. The highest BCUT2D eigenvalue weighted by Gasteiger charge is 2.04. The molecule has 0 fully saturated rings. The molecule has 0 radical (unpaired) electrons. The van der Waals surface area contributed by atoms with Crippen LogP contribution in [0.15, 0.2) is 60.8 Å². The van der Waals surface area contributed by atoms with Gasteiger partial charge in [-0.1, -0.05) is 59.7 Å². The molecule has 0 aliphatic carbocycles. The summed E-state index contributed by atoms with van der Waals surface area (Å²) in [4.78, 5) is 9.03. The standard InChI is InChI=1S/C18H16N2/c1-13-3-7-15(8-4-13)17-11-12-19-18(20-17)16-9-5-14(2)6-10-16/h3-12H,1-2H3. The Morgan fingerprint density at radius 2 is 1.20 bits per heavy atom. The molecule has 2 aromatic carbocycles. The third kappa shape index (κ3) is 2.59. The van der Waals surface area contributed by atoms with E-state index >= 15 is 0 Å². The van der Waals surface area contributed by atoms with Crippen LogP contribution in [0.4, 0.5) is 0 Å². The number of nitrogens with zero attached hydrogens (tertiary/aromatic N) is 2. The molecule has 3 rings (SSSR count). The van der Waals surface area contributed by atoms with Crippen LogP contribution in [0, 0.1) is 13.8 Å². The molecule has 2 nitrogen and oxygen atoms in total. The van der Waals surface area contributed by atoms with Crippen molar-refractivity contribution in [2.45, 2.75) is 13.8 Å². The average Bonchev–Trinajstić information content (AvgIpc) is 2.49. The highest BCUT2D eigenvalue weighted by atomic mass is 14.9. The summed E-state index contributed by atoms with van der Waals surface area (Å²) in [5.74, 6) is 0.767. The van der Waals surface area contributed by atoms with E-state index in [-0.39, 0.29) is 0 Å². The fourth-order valence-electron chi connectivity index (χ4n) is 2.09. The van der Waals surface area contributed by atoms with Gasteiger partial charge in [0.15, 0.2) is 5.82 Å². The Labute approximate surface area is 119 Å². The first-order valence-corrected chi connectivity index (χ1v) is 6.69. The first-order valence-electron chi connectivity index (χ1n) is 6.69. The van der Waals surface area contributed by atoms with Crippen molar-refractivity contribution in [3.8, 4) is 22.6 Å². The van der Waals surface area contributed by atoms with Gasteiger partial charge < -0.3 is 0 Å². The van der Waals surface area contributed by atoms with Crippen molar-refractivity contribution in [2.75, 3.05) is 0 Å². The number of rotatable bonds is 2. The zero-order valence-electron chi connectivity index (χ0n) is 11.7. The number of hydrogen-bond donors (Lipinski definition) is 0. The molecule has 0 unspecified atom stereocenters. The Balaban J connectivity index is 2.01. The summed E-state index contributed by atoms with van der Waals surface area (Å²) in [5.41, 5.74) is 5.61. The van der Waals surface area contributed by atoms with E-state index in [9.17, 15) is 0 Å². The van der Waals surface area contributed by atoms with Crippen molar-refractivity contribution >= 4 is 0 Å². The Kier molecular flexibility index (Phi) is 3.30. The molecular formula is C18H16N2. The predicted octanol–water partition coefficient (Wildman–Crippen LogP) is 4.43. The third-order valence-electron chi connectivity index (χ3n) is 3.31. The van der Waals surface area contributed by atoms with Crippen LogP contribution in [0.5, 0.6) is 0 Å². The van der Waals surface area contributed by atoms with Gasteiger partial charge in [0.2, 0.25) is 0 Å². The van der Waals surface area contributed by atoms with Gasteiger partial charge in [0, 0.05) is 17.3 Å². The van der Waals surface area contributed by atoms with Crippen molar-refractivity contribution in [3.63, 3.8) is 0 Å². The van der Waals surface area contributed by atoms with Crippen molar-refractivity contribution in [1.82, 2.24) is 9.97 Å². The molecule has 0 aliphatic heterocycles. The van der Waals surface area contributed by atoms with Crippen molar-refractivity contribution in [3.05, 3.63) is 71.9 Å². The van der Waals surface area contributed by atoms with Gasteiger partial charge >= 0.3 is 0 Å². The summed E-state index contributed by atoms with van der Waals surface area (Å²) in [6.45, 7) is 4.16. The van der Waals surface area contributed by atoms with Crippen LogP contribution >= 0.6 is 0 Å². The largest absolute Gasteiger partial charge is 0.237 e. The summed E-state index contributed by atoms with van der Waals surface area (Å²) in [7, 11) is 0. The van der Waals surface area contributed by atoms with Gasteiger partial charge in [0.1, 0.15) is 0 Å². The van der Waals surface area contributed by atoms with Gasteiger partial charge in [-0.05, 0) is 19.9 Å². The molecule has 0 aliphatic rings. The number of aromatic nitrogens is 2. The van der Waals surface area contributed by atoms with E-state index in [1.54, 1.807) is 0 Å². The molecular weight excluding hydrogens is 244 g/mol. The van der Waals surface area contributed by atoms with Gasteiger partial charge in [-0.2, -0.15) is 0 Å². The molecule has 98 valence electrons. The highest BCUT2D eigenvalue weighted by Crippen LogP contribution is 2.21. The second kappa shape index (κ2) is 5.25. The van der Waals surface area contributed by atoms with Crippen LogP contribution < -0.4 is 0 Å². The average molecular weight is 260 g/mol. The van der Waals surface area contributed by atoms with E-state index in [1.165, 1.54) is 11.1 Å². The maximum atomic E-state index is 4.66. The van der Waals surface area contributed by atoms with Gasteiger partial charge in [0.25, 0.3) is 0 Å². The van der Waals surface area contributed by atoms with Crippen LogP contribution in [-0.4, -0.2) is 9.97 Å². The van der Waals surface area contributed by atoms with Gasteiger partial charge in [-0.15, -0.1) is 0 Å². The van der Waals surface area contributed by atoms with Gasteiger partial charge in [0.05, 0.1) is 5.69 Å². The van der Waals surface area contributed by atoms with Crippen LogP contribution in [0.3, 0.4) is 0 Å². The molecule has 0 bridgehead atoms. The number of hydrogen-bond acceptors (Lipinski definition) is 2. The van der Waals surface area contributed by atoms with E-state index in [2.05, 4.69) is 72.3 Å². The van der Waals surface area contributed by atoms with Crippen LogP contribution in [0.1, 0.15) is 11.1 Å². The van der Waals surface area contributed by atoms with Crippen molar-refractivity contribution in [2.24, 2.45) is 0 Å². The monoisotopic (exact) mass is 260 g/mol. The first-order chi connectivity index (χ1) is 9.72. The van der Waals surface area contributed by atoms with Crippen molar-refractivity contribution < 1.29 is 0 Å². The zero-order valence-corrected chi connectivity index (χ0v) is 11.7. The van der Waals surface area contributed by atoms with Crippen LogP contribution in [-0.2, 0) is 0 Å². The van der Waals surface area contributed by atoms with Crippen LogP contribution in [0.2, 0.25) is 0 Å². The molecule has 0 amide bonds. The normalized spacial score (nSPS) is 10.5. The maximum Gasteiger partial charge on any atom is 0.159 e. The molecule has 0 atom stereocenters. The lowest BCUT2D eigenvalue weighted by atomic mass is 10.1. The van der Waals surface area contributed by atoms with Gasteiger partial charge in [-0.25, -0.2) is 9.97 Å². The topological polar surface area (TPSA) is 25.8 Å². The Bertz CT molecular complexity index is 652. The lowest BCUT2D eigenvalue weighted by Crippen LogP contribution is -1.91. The lowest BCUT2D eigenvalue weighted by molar-refractivity contribution is 1.18. The molecule has 0 saturated heterocycles. The lowest BCUT2D eigenvalue weighted by Gasteiger charge is -2.05. The summed E-state index contributed by atoms with van der Waals surface area (Å²) >= 11 is 0. The summed E-state index contributed by atoms with van der Waals surface area (Å²) in [6, 6.07) is 18.6. The second-order valence-electron chi connectivity index (χ2n) is 5.00. The Hall–Kier alpha value is -2.48. The zero-order chi connectivity index (χ0) is 13.9.